The summed E-state index contributed by atoms with van der Waals surface area (Å²) < 4.78 is 49.4. The zero-order valence-corrected chi connectivity index (χ0v) is 22.4. The summed E-state index contributed by atoms with van der Waals surface area (Å²) in [5.41, 5.74) is 2.98. The molecule has 38 heavy (non-hydrogen) atoms. The molecule has 0 N–H and O–H groups in total. The molecule has 0 unspecified atom stereocenters. The number of allylic oxidation sites excluding steroid dienone is 1. The molecule has 3 aromatic carbocycles. The van der Waals surface area contributed by atoms with Crippen molar-refractivity contribution in [2.45, 2.75) is 71.1 Å². The third-order valence-corrected chi connectivity index (χ3v) is 8.85. The first-order valence-electron chi connectivity index (χ1n) is 14.1. The predicted octanol–water partition coefficient (Wildman–Crippen LogP) is 10.5. The van der Waals surface area contributed by atoms with Crippen molar-refractivity contribution < 1.29 is 17.9 Å². The van der Waals surface area contributed by atoms with Gasteiger partial charge in [0.15, 0.2) is 11.6 Å². The van der Waals surface area contributed by atoms with E-state index in [0.29, 0.717) is 22.6 Å². The third kappa shape index (κ3) is 5.70. The molecule has 0 bridgehead atoms. The van der Waals surface area contributed by atoms with Gasteiger partial charge in [0.1, 0.15) is 5.82 Å². The lowest BCUT2D eigenvalue weighted by molar-refractivity contribution is 0.165. The number of benzene rings is 3. The molecular formula is C34H37F3O. The lowest BCUT2D eigenvalue weighted by atomic mass is 9.68. The molecule has 5 rings (SSSR count). The maximum atomic E-state index is 15.3. The van der Waals surface area contributed by atoms with Gasteiger partial charge in [0.05, 0.1) is 6.26 Å². The molecule has 2 aliphatic carbocycles. The summed E-state index contributed by atoms with van der Waals surface area (Å²) in [6.07, 6.45) is 13.2. The highest BCUT2D eigenvalue weighted by atomic mass is 19.2. The van der Waals surface area contributed by atoms with Crippen molar-refractivity contribution in [1.82, 2.24) is 0 Å². The zero-order valence-electron chi connectivity index (χ0n) is 22.4. The van der Waals surface area contributed by atoms with Crippen molar-refractivity contribution >= 4 is 0 Å². The largest absolute Gasteiger partial charge is 0.462 e. The Balaban J connectivity index is 1.25. The molecule has 0 saturated heterocycles. The Morgan fingerprint density at radius 1 is 0.684 bits per heavy atom. The highest BCUT2D eigenvalue weighted by Crippen LogP contribution is 2.44. The fourth-order valence-electron chi connectivity index (χ4n) is 6.52. The minimum Gasteiger partial charge on any atom is -0.462 e. The van der Waals surface area contributed by atoms with E-state index in [1.807, 2.05) is 6.07 Å². The van der Waals surface area contributed by atoms with Crippen LogP contribution in [0.4, 0.5) is 13.2 Å². The molecule has 2 saturated carbocycles. The van der Waals surface area contributed by atoms with E-state index >= 15 is 4.39 Å². The van der Waals surface area contributed by atoms with Gasteiger partial charge in [-0.3, -0.25) is 0 Å². The number of ether oxygens (including phenoxy) is 1. The maximum Gasteiger partial charge on any atom is 0.201 e. The van der Waals surface area contributed by atoms with Gasteiger partial charge in [-0.05, 0) is 104 Å². The molecule has 0 atom stereocenters. The molecule has 4 heteroatoms. The first-order chi connectivity index (χ1) is 18.4. The summed E-state index contributed by atoms with van der Waals surface area (Å²) in [6.45, 7) is 4.10. The van der Waals surface area contributed by atoms with Crippen molar-refractivity contribution in [2.75, 3.05) is 0 Å². The first kappa shape index (κ1) is 26.6. The molecule has 0 amide bonds. The summed E-state index contributed by atoms with van der Waals surface area (Å²) in [5.74, 6) is 0.648. The number of hydrogen-bond donors (Lipinski definition) is 0. The molecule has 0 heterocycles. The molecule has 2 aliphatic rings. The van der Waals surface area contributed by atoms with Gasteiger partial charge in [0.2, 0.25) is 5.82 Å². The van der Waals surface area contributed by atoms with Crippen LogP contribution in [-0.4, -0.2) is 0 Å². The van der Waals surface area contributed by atoms with E-state index in [2.05, 4.69) is 13.0 Å². The summed E-state index contributed by atoms with van der Waals surface area (Å²) in [6, 6.07) is 15.4. The molecule has 2 fully saturated rings. The second-order valence-corrected chi connectivity index (χ2v) is 11.3. The molecule has 0 aromatic heterocycles. The van der Waals surface area contributed by atoms with E-state index < -0.39 is 11.6 Å². The quantitative estimate of drug-likeness (QED) is 0.295. The van der Waals surface area contributed by atoms with Crippen LogP contribution in [0.15, 0.2) is 66.9 Å². The number of rotatable bonds is 6. The van der Waals surface area contributed by atoms with E-state index in [0.717, 1.165) is 36.2 Å². The normalized spacial score (nSPS) is 24.0. The van der Waals surface area contributed by atoms with Crippen molar-refractivity contribution in [2.24, 2.45) is 17.8 Å². The molecule has 200 valence electrons. The topological polar surface area (TPSA) is 9.23 Å². The average molecular weight is 519 g/mol. The van der Waals surface area contributed by atoms with Gasteiger partial charge in [-0.15, -0.1) is 0 Å². The van der Waals surface area contributed by atoms with Crippen LogP contribution in [0.1, 0.15) is 76.7 Å². The SMILES string of the molecule is C/C=C\Oc1ccc(-c2ccc(-c3ccc(C4CCC(C5CCC(C)CC5)CC4)cc3F)cc2)c(F)c1F. The van der Waals surface area contributed by atoms with E-state index in [1.54, 1.807) is 43.3 Å². The zero-order chi connectivity index (χ0) is 26.6. The lowest BCUT2D eigenvalue weighted by Gasteiger charge is -2.37. The van der Waals surface area contributed by atoms with E-state index in [1.165, 1.54) is 56.9 Å². The van der Waals surface area contributed by atoms with Crippen LogP contribution < -0.4 is 4.74 Å². The first-order valence-corrected chi connectivity index (χ1v) is 14.1. The van der Waals surface area contributed by atoms with Gasteiger partial charge >= 0.3 is 0 Å². The van der Waals surface area contributed by atoms with E-state index in [-0.39, 0.29) is 17.1 Å². The van der Waals surface area contributed by atoms with Crippen LogP contribution in [0.3, 0.4) is 0 Å². The second-order valence-electron chi connectivity index (χ2n) is 11.3. The van der Waals surface area contributed by atoms with Crippen molar-refractivity contribution in [3.63, 3.8) is 0 Å². The van der Waals surface area contributed by atoms with Crippen LogP contribution >= 0.6 is 0 Å². The molecule has 0 radical (unpaired) electrons. The Morgan fingerprint density at radius 3 is 1.87 bits per heavy atom. The van der Waals surface area contributed by atoms with Gasteiger partial charge in [-0.2, -0.15) is 4.39 Å². The van der Waals surface area contributed by atoms with Gasteiger partial charge in [0.25, 0.3) is 0 Å². The third-order valence-electron chi connectivity index (χ3n) is 8.85. The van der Waals surface area contributed by atoms with Crippen LogP contribution in [0.25, 0.3) is 22.3 Å². The Labute approximate surface area is 224 Å². The smallest absolute Gasteiger partial charge is 0.201 e. The van der Waals surface area contributed by atoms with Gasteiger partial charge in [0, 0.05) is 11.1 Å². The van der Waals surface area contributed by atoms with Gasteiger partial charge < -0.3 is 4.74 Å². The Morgan fingerprint density at radius 2 is 1.26 bits per heavy atom. The minimum absolute atomic E-state index is 0.135. The summed E-state index contributed by atoms with van der Waals surface area (Å²) >= 11 is 0. The van der Waals surface area contributed by atoms with Gasteiger partial charge in [-0.1, -0.05) is 62.2 Å². The standard InChI is InChI=1S/C34H37F3O/c1-3-20-38-32-19-18-30(33(36)34(32)37)27-14-12-26(13-15-27)29-17-16-28(21-31(29)35)25-10-8-24(9-11-25)23-6-4-22(2)5-7-23/h3,12-25H,4-11H2,1-2H3/b20-3-. The van der Waals surface area contributed by atoms with E-state index in [4.69, 9.17) is 4.74 Å². The minimum atomic E-state index is -1.03. The van der Waals surface area contributed by atoms with Crippen molar-refractivity contribution in [1.29, 1.82) is 0 Å². The monoisotopic (exact) mass is 518 g/mol. The predicted molar refractivity (Wildman–Crippen MR) is 148 cm³/mol. The van der Waals surface area contributed by atoms with E-state index in [9.17, 15) is 8.78 Å². The Hall–Kier alpha value is -3.01. The molecule has 3 aromatic rings. The fourth-order valence-corrected chi connectivity index (χ4v) is 6.52. The molecular weight excluding hydrogens is 481 g/mol. The van der Waals surface area contributed by atoms with Crippen LogP contribution in [-0.2, 0) is 0 Å². The Bertz CT molecular complexity index is 1260. The Kier molecular flexibility index (Phi) is 8.26. The average Bonchev–Trinajstić information content (AvgIpc) is 2.94. The van der Waals surface area contributed by atoms with Crippen LogP contribution in [0.2, 0.25) is 0 Å². The van der Waals surface area contributed by atoms with Crippen LogP contribution in [0, 0.1) is 35.2 Å². The fraction of sp³-hybridized carbons (Fsp3) is 0.412. The summed E-state index contributed by atoms with van der Waals surface area (Å²) in [5, 5.41) is 0. The van der Waals surface area contributed by atoms with Crippen molar-refractivity contribution in [3.05, 3.63) is 90.0 Å². The summed E-state index contributed by atoms with van der Waals surface area (Å²) in [4.78, 5) is 0. The molecule has 1 nitrogen and oxygen atoms in total. The maximum absolute atomic E-state index is 15.3. The molecule has 0 aliphatic heterocycles. The van der Waals surface area contributed by atoms with Crippen LogP contribution in [0.5, 0.6) is 5.75 Å². The van der Waals surface area contributed by atoms with Gasteiger partial charge in [-0.25, -0.2) is 8.78 Å². The lowest BCUT2D eigenvalue weighted by Crippen LogP contribution is -2.24. The second kappa shape index (κ2) is 11.8. The number of hydrogen-bond acceptors (Lipinski definition) is 1. The highest BCUT2D eigenvalue weighted by molar-refractivity contribution is 5.71. The van der Waals surface area contributed by atoms with Crippen molar-refractivity contribution in [3.8, 4) is 28.0 Å². The molecule has 0 spiro atoms. The highest BCUT2D eigenvalue weighted by Gasteiger charge is 2.30. The number of halogens is 3. The summed E-state index contributed by atoms with van der Waals surface area (Å²) in [7, 11) is 0.